The lowest BCUT2D eigenvalue weighted by Gasteiger charge is -2.20. The predicted octanol–water partition coefficient (Wildman–Crippen LogP) is 1.44. The smallest absolute Gasteiger partial charge is 0.239 e. The van der Waals surface area contributed by atoms with Crippen LogP contribution in [0.15, 0.2) is 18.2 Å². The van der Waals surface area contributed by atoms with E-state index in [1.807, 2.05) is 32.0 Å². The molecule has 0 spiro atoms. The number of nitriles is 1. The molecule has 90 valence electrons. The SMILES string of the molecule is CCNC(=O)CN(C)c1ccc(C)cc1C#N. The van der Waals surface area contributed by atoms with Crippen molar-refractivity contribution in [1.29, 1.82) is 5.26 Å². The molecule has 17 heavy (non-hydrogen) atoms. The number of rotatable bonds is 4. The van der Waals surface area contributed by atoms with Gasteiger partial charge >= 0.3 is 0 Å². The number of aryl methyl sites for hydroxylation is 1. The number of nitrogens with zero attached hydrogens (tertiary/aromatic N) is 2. The Balaban J connectivity index is 2.86. The molecule has 4 heteroatoms. The minimum atomic E-state index is -0.0422. The Kier molecular flexibility index (Phi) is 4.53. The lowest BCUT2D eigenvalue weighted by atomic mass is 10.1. The Morgan fingerprint density at radius 2 is 2.24 bits per heavy atom. The first-order chi connectivity index (χ1) is 8.08. The summed E-state index contributed by atoms with van der Waals surface area (Å²) in [5, 5.41) is 11.8. The van der Waals surface area contributed by atoms with Crippen molar-refractivity contribution >= 4 is 11.6 Å². The van der Waals surface area contributed by atoms with Gasteiger partial charge in [-0.25, -0.2) is 0 Å². The number of carbonyl (C=O) groups is 1. The summed E-state index contributed by atoms with van der Waals surface area (Å²) in [4.78, 5) is 13.2. The number of hydrogen-bond acceptors (Lipinski definition) is 3. The van der Waals surface area contributed by atoms with Crippen molar-refractivity contribution < 1.29 is 4.79 Å². The molecule has 0 heterocycles. The second kappa shape index (κ2) is 5.90. The molecule has 0 radical (unpaired) electrons. The summed E-state index contributed by atoms with van der Waals surface area (Å²) in [5.41, 5.74) is 2.41. The van der Waals surface area contributed by atoms with Crippen molar-refractivity contribution in [2.45, 2.75) is 13.8 Å². The fraction of sp³-hybridized carbons (Fsp3) is 0.385. The summed E-state index contributed by atoms with van der Waals surface area (Å²) in [7, 11) is 1.81. The van der Waals surface area contributed by atoms with Gasteiger partial charge in [-0.1, -0.05) is 6.07 Å². The van der Waals surface area contributed by atoms with E-state index >= 15 is 0 Å². The van der Waals surface area contributed by atoms with E-state index in [4.69, 9.17) is 5.26 Å². The van der Waals surface area contributed by atoms with Gasteiger partial charge in [-0.3, -0.25) is 4.79 Å². The fourth-order valence-corrected chi connectivity index (χ4v) is 1.63. The number of carbonyl (C=O) groups excluding carboxylic acids is 1. The predicted molar refractivity (Wildman–Crippen MR) is 67.8 cm³/mol. The van der Waals surface area contributed by atoms with Crippen molar-refractivity contribution in [2.24, 2.45) is 0 Å². The second-order valence-electron chi connectivity index (χ2n) is 3.94. The highest BCUT2D eigenvalue weighted by atomic mass is 16.1. The molecule has 0 atom stereocenters. The van der Waals surface area contributed by atoms with Gasteiger partial charge < -0.3 is 10.2 Å². The van der Waals surface area contributed by atoms with Gasteiger partial charge in [-0.2, -0.15) is 5.26 Å². The van der Waals surface area contributed by atoms with Crippen molar-refractivity contribution in [3.05, 3.63) is 29.3 Å². The Morgan fingerprint density at radius 1 is 1.53 bits per heavy atom. The third-order valence-corrected chi connectivity index (χ3v) is 2.44. The average molecular weight is 231 g/mol. The maximum atomic E-state index is 11.5. The summed E-state index contributed by atoms with van der Waals surface area (Å²) in [6.45, 7) is 4.69. The molecule has 0 aromatic heterocycles. The maximum Gasteiger partial charge on any atom is 0.239 e. The number of likely N-dealkylation sites (N-methyl/N-ethyl adjacent to an activating group) is 2. The van der Waals surface area contributed by atoms with Gasteiger partial charge in [0.2, 0.25) is 5.91 Å². The van der Waals surface area contributed by atoms with Gasteiger partial charge in [0, 0.05) is 13.6 Å². The number of nitrogens with one attached hydrogen (secondary N) is 1. The summed E-state index contributed by atoms with van der Waals surface area (Å²) >= 11 is 0. The Hall–Kier alpha value is -2.02. The van der Waals surface area contributed by atoms with E-state index in [1.54, 1.807) is 11.9 Å². The minimum Gasteiger partial charge on any atom is -0.364 e. The molecule has 0 aliphatic carbocycles. The van der Waals surface area contributed by atoms with E-state index < -0.39 is 0 Å². The van der Waals surface area contributed by atoms with Crippen LogP contribution in [0, 0.1) is 18.3 Å². The van der Waals surface area contributed by atoms with Crippen molar-refractivity contribution in [3.63, 3.8) is 0 Å². The van der Waals surface area contributed by atoms with Crippen LogP contribution in [0.1, 0.15) is 18.1 Å². The lowest BCUT2D eigenvalue weighted by Crippen LogP contribution is -2.35. The van der Waals surface area contributed by atoms with Crippen LogP contribution in [0.2, 0.25) is 0 Å². The molecular weight excluding hydrogens is 214 g/mol. The molecule has 0 fully saturated rings. The van der Waals surface area contributed by atoms with Crippen LogP contribution in [0.3, 0.4) is 0 Å². The number of amides is 1. The molecule has 1 aromatic carbocycles. The van der Waals surface area contributed by atoms with Crippen LogP contribution in [-0.4, -0.2) is 26.0 Å². The maximum absolute atomic E-state index is 11.5. The third-order valence-electron chi connectivity index (χ3n) is 2.44. The summed E-state index contributed by atoms with van der Waals surface area (Å²) in [6.07, 6.45) is 0. The topological polar surface area (TPSA) is 56.1 Å². The standard InChI is InChI=1S/C13H17N3O/c1-4-15-13(17)9-16(3)12-6-5-10(2)7-11(12)8-14/h5-7H,4,9H2,1-3H3,(H,15,17). The first-order valence-electron chi connectivity index (χ1n) is 5.57. The first-order valence-corrected chi connectivity index (χ1v) is 5.57. The highest BCUT2D eigenvalue weighted by molar-refractivity contribution is 5.81. The number of anilines is 1. The normalized spacial score (nSPS) is 9.53. The van der Waals surface area contributed by atoms with Crippen LogP contribution in [0.5, 0.6) is 0 Å². The quantitative estimate of drug-likeness (QED) is 0.853. The van der Waals surface area contributed by atoms with Gasteiger partial charge in [0.05, 0.1) is 17.8 Å². The monoisotopic (exact) mass is 231 g/mol. The molecule has 0 bridgehead atoms. The molecule has 0 saturated heterocycles. The van der Waals surface area contributed by atoms with Crippen molar-refractivity contribution in [1.82, 2.24) is 5.32 Å². The van der Waals surface area contributed by atoms with Gasteiger partial charge in [0.1, 0.15) is 6.07 Å². The molecule has 1 amide bonds. The van der Waals surface area contributed by atoms with Crippen LogP contribution < -0.4 is 10.2 Å². The Morgan fingerprint density at radius 3 is 2.82 bits per heavy atom. The van der Waals surface area contributed by atoms with Gasteiger partial charge in [-0.05, 0) is 31.5 Å². The van der Waals surface area contributed by atoms with Crippen LogP contribution in [0.4, 0.5) is 5.69 Å². The molecule has 0 aliphatic rings. The molecule has 4 nitrogen and oxygen atoms in total. The lowest BCUT2D eigenvalue weighted by molar-refractivity contribution is -0.119. The van der Waals surface area contributed by atoms with E-state index in [0.717, 1.165) is 11.3 Å². The Labute approximate surface area is 102 Å². The van der Waals surface area contributed by atoms with Gasteiger partial charge in [0.25, 0.3) is 0 Å². The van der Waals surface area contributed by atoms with Crippen LogP contribution in [0.25, 0.3) is 0 Å². The Bertz CT molecular complexity index is 448. The van der Waals surface area contributed by atoms with E-state index in [0.29, 0.717) is 12.1 Å². The van der Waals surface area contributed by atoms with E-state index in [1.165, 1.54) is 0 Å². The molecule has 0 unspecified atom stereocenters. The molecule has 1 aromatic rings. The average Bonchev–Trinajstić information content (AvgIpc) is 2.28. The largest absolute Gasteiger partial charge is 0.364 e. The summed E-state index contributed by atoms with van der Waals surface area (Å²) in [6, 6.07) is 7.78. The third kappa shape index (κ3) is 3.49. The first kappa shape index (κ1) is 13.0. The fourth-order valence-electron chi connectivity index (χ4n) is 1.63. The van der Waals surface area contributed by atoms with Crippen molar-refractivity contribution in [2.75, 3.05) is 25.0 Å². The molecule has 1 rings (SSSR count). The molecule has 0 aliphatic heterocycles. The zero-order valence-electron chi connectivity index (χ0n) is 10.4. The minimum absolute atomic E-state index is 0.0422. The van der Waals surface area contributed by atoms with Gasteiger partial charge in [0.15, 0.2) is 0 Å². The molecule has 1 N–H and O–H groups in total. The summed E-state index contributed by atoms with van der Waals surface area (Å²) in [5.74, 6) is -0.0422. The van der Waals surface area contributed by atoms with E-state index in [9.17, 15) is 4.79 Å². The zero-order valence-corrected chi connectivity index (χ0v) is 10.4. The molecule has 0 saturated carbocycles. The highest BCUT2D eigenvalue weighted by Gasteiger charge is 2.10. The van der Waals surface area contributed by atoms with Gasteiger partial charge in [-0.15, -0.1) is 0 Å². The second-order valence-corrected chi connectivity index (χ2v) is 3.94. The van der Waals surface area contributed by atoms with Crippen molar-refractivity contribution in [3.8, 4) is 6.07 Å². The molecular formula is C13H17N3O. The zero-order chi connectivity index (χ0) is 12.8. The van der Waals surface area contributed by atoms with Crippen LogP contribution >= 0.6 is 0 Å². The summed E-state index contributed by atoms with van der Waals surface area (Å²) < 4.78 is 0. The van der Waals surface area contributed by atoms with Crippen LogP contribution in [-0.2, 0) is 4.79 Å². The number of benzene rings is 1. The highest BCUT2D eigenvalue weighted by Crippen LogP contribution is 2.19. The van der Waals surface area contributed by atoms with E-state index in [-0.39, 0.29) is 12.5 Å². The number of hydrogen-bond donors (Lipinski definition) is 1. The van der Waals surface area contributed by atoms with E-state index in [2.05, 4.69) is 11.4 Å².